The fourth-order valence-electron chi connectivity index (χ4n) is 2.73. The lowest BCUT2D eigenvalue weighted by Gasteiger charge is -2.42. The predicted molar refractivity (Wildman–Crippen MR) is 77.6 cm³/mol. The molecule has 1 N–H and O–H groups in total. The lowest BCUT2D eigenvalue weighted by atomic mass is 9.88. The normalized spacial score (nSPS) is 22.0. The number of ether oxygens (including phenoxy) is 1. The number of carboxylic acid groups (broad SMARTS) is 1. The minimum atomic E-state index is -0.954. The molecule has 2 heterocycles. The molecule has 1 aliphatic rings. The molecular formula is C15H20N2O4. The van der Waals surface area contributed by atoms with E-state index in [4.69, 9.17) is 4.74 Å². The number of esters is 1. The van der Waals surface area contributed by atoms with Gasteiger partial charge in [-0.15, -0.1) is 0 Å². The Hall–Kier alpha value is -2.11. The van der Waals surface area contributed by atoms with Crippen LogP contribution < -0.4 is 4.90 Å². The highest BCUT2D eigenvalue weighted by molar-refractivity contribution is 5.91. The number of aliphatic carboxylic acids is 1. The molecule has 1 fully saturated rings. The summed E-state index contributed by atoms with van der Waals surface area (Å²) in [7, 11) is 1.32. The van der Waals surface area contributed by atoms with Crippen LogP contribution >= 0.6 is 0 Å². The molecule has 1 unspecified atom stereocenters. The van der Waals surface area contributed by atoms with Crippen molar-refractivity contribution in [1.29, 1.82) is 0 Å². The third-order valence-corrected chi connectivity index (χ3v) is 4.10. The van der Waals surface area contributed by atoms with Crippen LogP contribution in [0.2, 0.25) is 0 Å². The number of anilines is 1. The number of piperidine rings is 1. The van der Waals surface area contributed by atoms with Gasteiger partial charge in [-0.05, 0) is 45.2 Å². The van der Waals surface area contributed by atoms with Crippen LogP contribution in [0.4, 0.5) is 5.82 Å². The Morgan fingerprint density at radius 3 is 2.67 bits per heavy atom. The predicted octanol–water partition coefficient (Wildman–Crippen LogP) is 2.01. The number of aromatic nitrogens is 1. The molecule has 1 aromatic heterocycles. The zero-order valence-electron chi connectivity index (χ0n) is 12.5. The number of rotatable bonds is 3. The summed E-state index contributed by atoms with van der Waals surface area (Å²) in [5, 5.41) is 9.54. The average molecular weight is 292 g/mol. The van der Waals surface area contributed by atoms with Gasteiger partial charge in [0.05, 0.1) is 18.4 Å². The lowest BCUT2D eigenvalue weighted by Crippen LogP contribution is -2.55. The van der Waals surface area contributed by atoms with Crippen LogP contribution in [0, 0.1) is 6.92 Å². The molecule has 21 heavy (non-hydrogen) atoms. The SMILES string of the molecule is COC(=O)c1ccc(N2CCCCC2(C)C(=O)O)nc1C. The molecule has 0 amide bonds. The van der Waals surface area contributed by atoms with Gasteiger partial charge in [0, 0.05) is 6.54 Å². The van der Waals surface area contributed by atoms with E-state index in [1.165, 1.54) is 7.11 Å². The smallest absolute Gasteiger partial charge is 0.339 e. The molecule has 1 aliphatic heterocycles. The molecule has 0 spiro atoms. The first-order valence-corrected chi connectivity index (χ1v) is 6.97. The summed E-state index contributed by atoms with van der Waals surface area (Å²) in [6.07, 6.45) is 2.41. The second kappa shape index (κ2) is 5.71. The van der Waals surface area contributed by atoms with Crippen molar-refractivity contribution in [3.8, 4) is 0 Å². The van der Waals surface area contributed by atoms with Crippen molar-refractivity contribution < 1.29 is 19.4 Å². The van der Waals surface area contributed by atoms with Gasteiger partial charge >= 0.3 is 11.9 Å². The van der Waals surface area contributed by atoms with Gasteiger partial charge in [0.25, 0.3) is 0 Å². The number of hydrogen-bond donors (Lipinski definition) is 1. The molecule has 0 bridgehead atoms. The van der Waals surface area contributed by atoms with Crippen molar-refractivity contribution >= 4 is 17.8 Å². The Labute approximate surface area is 123 Å². The standard InChI is InChI=1S/C15H20N2O4/c1-10-11(13(18)21-3)6-7-12(16-10)17-9-5-4-8-15(17,2)14(19)20/h6-7H,4-5,8-9H2,1-3H3,(H,19,20). The number of aryl methyl sites for hydroxylation is 1. The zero-order chi connectivity index (χ0) is 15.6. The monoisotopic (exact) mass is 292 g/mol. The third-order valence-electron chi connectivity index (χ3n) is 4.10. The number of hydrogen-bond acceptors (Lipinski definition) is 5. The van der Waals surface area contributed by atoms with Crippen LogP contribution in [0.5, 0.6) is 0 Å². The van der Waals surface area contributed by atoms with Gasteiger partial charge in [-0.25, -0.2) is 14.6 Å². The number of methoxy groups -OCH3 is 1. The Morgan fingerprint density at radius 1 is 1.38 bits per heavy atom. The Bertz CT molecular complexity index is 573. The Morgan fingerprint density at radius 2 is 2.10 bits per heavy atom. The van der Waals surface area contributed by atoms with Gasteiger partial charge in [-0.1, -0.05) is 0 Å². The molecule has 0 saturated carbocycles. The minimum Gasteiger partial charge on any atom is -0.480 e. The molecule has 114 valence electrons. The van der Waals surface area contributed by atoms with Crippen molar-refractivity contribution in [2.24, 2.45) is 0 Å². The second-order valence-electron chi connectivity index (χ2n) is 5.48. The van der Waals surface area contributed by atoms with Crippen LogP contribution in [0.1, 0.15) is 42.2 Å². The average Bonchev–Trinajstić information content (AvgIpc) is 2.46. The van der Waals surface area contributed by atoms with Crippen molar-refractivity contribution in [2.45, 2.75) is 38.6 Å². The fourth-order valence-corrected chi connectivity index (χ4v) is 2.73. The molecular weight excluding hydrogens is 272 g/mol. The van der Waals surface area contributed by atoms with Crippen LogP contribution in [0.25, 0.3) is 0 Å². The van der Waals surface area contributed by atoms with Crippen molar-refractivity contribution in [3.63, 3.8) is 0 Å². The van der Waals surface area contributed by atoms with Crippen LogP contribution in [0.3, 0.4) is 0 Å². The van der Waals surface area contributed by atoms with Gasteiger partial charge in [0.1, 0.15) is 11.4 Å². The Balaban J connectivity index is 2.38. The summed E-state index contributed by atoms with van der Waals surface area (Å²) >= 11 is 0. The van der Waals surface area contributed by atoms with E-state index in [0.717, 1.165) is 12.8 Å². The quantitative estimate of drug-likeness (QED) is 0.858. The molecule has 6 nitrogen and oxygen atoms in total. The molecule has 1 saturated heterocycles. The van der Waals surface area contributed by atoms with E-state index in [9.17, 15) is 14.7 Å². The summed E-state index contributed by atoms with van der Waals surface area (Å²) < 4.78 is 4.69. The van der Waals surface area contributed by atoms with Crippen molar-refractivity contribution in [3.05, 3.63) is 23.4 Å². The van der Waals surface area contributed by atoms with E-state index in [-0.39, 0.29) is 0 Å². The highest BCUT2D eigenvalue weighted by Crippen LogP contribution is 2.32. The highest BCUT2D eigenvalue weighted by Gasteiger charge is 2.42. The molecule has 1 atom stereocenters. The van der Waals surface area contributed by atoms with E-state index in [1.807, 2.05) is 4.90 Å². The maximum absolute atomic E-state index is 11.6. The maximum atomic E-state index is 11.6. The van der Waals surface area contributed by atoms with Crippen LogP contribution in [-0.2, 0) is 9.53 Å². The number of pyridine rings is 1. The highest BCUT2D eigenvalue weighted by atomic mass is 16.5. The van der Waals surface area contributed by atoms with Gasteiger partial charge in [-0.2, -0.15) is 0 Å². The molecule has 0 aliphatic carbocycles. The number of carbonyl (C=O) groups excluding carboxylic acids is 1. The first-order valence-electron chi connectivity index (χ1n) is 6.97. The van der Waals surface area contributed by atoms with Crippen molar-refractivity contribution in [1.82, 2.24) is 4.98 Å². The van der Waals surface area contributed by atoms with E-state index in [0.29, 0.717) is 30.0 Å². The topological polar surface area (TPSA) is 79.7 Å². The van der Waals surface area contributed by atoms with Gasteiger partial charge in [0.15, 0.2) is 0 Å². The zero-order valence-corrected chi connectivity index (χ0v) is 12.5. The second-order valence-corrected chi connectivity index (χ2v) is 5.48. The first-order chi connectivity index (χ1) is 9.90. The summed E-state index contributed by atoms with van der Waals surface area (Å²) in [6, 6.07) is 3.33. The maximum Gasteiger partial charge on any atom is 0.339 e. The molecule has 2 rings (SSSR count). The summed E-state index contributed by atoms with van der Waals surface area (Å²) in [5.41, 5.74) is -0.0160. The van der Waals surface area contributed by atoms with Crippen molar-refractivity contribution in [2.75, 3.05) is 18.6 Å². The van der Waals surface area contributed by atoms with Crippen LogP contribution in [-0.4, -0.2) is 41.2 Å². The third kappa shape index (κ3) is 2.70. The number of carboxylic acids is 1. The Kier molecular flexibility index (Phi) is 4.16. The number of nitrogens with zero attached hydrogens (tertiary/aromatic N) is 2. The van der Waals surface area contributed by atoms with Gasteiger partial charge in [-0.3, -0.25) is 0 Å². The largest absolute Gasteiger partial charge is 0.480 e. The summed E-state index contributed by atoms with van der Waals surface area (Å²) in [4.78, 5) is 29.4. The summed E-state index contributed by atoms with van der Waals surface area (Å²) in [6.45, 7) is 4.09. The lowest BCUT2D eigenvalue weighted by molar-refractivity contribution is -0.143. The minimum absolute atomic E-state index is 0.398. The van der Waals surface area contributed by atoms with Gasteiger partial charge in [0.2, 0.25) is 0 Å². The molecule has 6 heteroatoms. The fraction of sp³-hybridized carbons (Fsp3) is 0.533. The molecule has 0 aromatic carbocycles. The van der Waals surface area contributed by atoms with E-state index in [2.05, 4.69) is 4.98 Å². The first kappa shape index (κ1) is 15.3. The molecule has 1 aromatic rings. The van der Waals surface area contributed by atoms with E-state index < -0.39 is 17.5 Å². The molecule has 0 radical (unpaired) electrons. The number of carbonyl (C=O) groups is 2. The van der Waals surface area contributed by atoms with E-state index in [1.54, 1.807) is 26.0 Å². The summed E-state index contributed by atoms with van der Waals surface area (Å²) in [5.74, 6) is -0.699. The van der Waals surface area contributed by atoms with Gasteiger partial charge < -0.3 is 14.7 Å². The van der Waals surface area contributed by atoms with E-state index >= 15 is 0 Å². The van der Waals surface area contributed by atoms with Crippen LogP contribution in [0.15, 0.2) is 12.1 Å².